The summed E-state index contributed by atoms with van der Waals surface area (Å²) in [7, 11) is 0. The minimum Gasteiger partial charge on any atom is -0.479 e. The number of Topliss-reactive ketones (excluding diaryl/α,β-unsaturated/α-hetero) is 2. The molecule has 0 aliphatic heterocycles. The molecule has 4 atom stereocenters. The predicted octanol–water partition coefficient (Wildman–Crippen LogP) is 6.77. The van der Waals surface area contributed by atoms with Gasteiger partial charge in [-0.3, -0.25) is 19.6 Å². The number of aliphatic hydroxyl groups is 2. The van der Waals surface area contributed by atoms with Gasteiger partial charge < -0.3 is 50.7 Å². The molecule has 10 N–H and O–H groups in total. The lowest BCUT2D eigenvalue weighted by molar-refractivity contribution is -0.165. The van der Waals surface area contributed by atoms with Crippen LogP contribution in [-0.4, -0.2) is 96.0 Å². The second-order valence-corrected chi connectivity index (χ2v) is 15.7. The molecule has 20 heteroatoms. The number of carbonyl (C=O) groups excluding carboxylic acids is 2. The van der Waals surface area contributed by atoms with Crippen molar-refractivity contribution in [1.29, 1.82) is 0 Å². The highest BCUT2D eigenvalue weighted by Gasteiger charge is 2.29. The summed E-state index contributed by atoms with van der Waals surface area (Å²) in [5.74, 6) is -1.71. The van der Waals surface area contributed by atoms with Crippen molar-refractivity contribution >= 4 is 45.3 Å². The minimum atomic E-state index is -2.27. The van der Waals surface area contributed by atoms with Crippen LogP contribution in [0.5, 0.6) is 0 Å². The zero-order valence-corrected chi connectivity index (χ0v) is 36.8. The van der Waals surface area contributed by atoms with Crippen molar-refractivity contribution < 1.29 is 48.4 Å². The van der Waals surface area contributed by atoms with Crippen LogP contribution in [0.1, 0.15) is 109 Å². The van der Waals surface area contributed by atoms with Crippen molar-refractivity contribution in [3.05, 3.63) is 134 Å². The van der Waals surface area contributed by atoms with Gasteiger partial charge in [0.2, 0.25) is 11.6 Å². The molecule has 0 fully saturated rings. The van der Waals surface area contributed by atoms with Gasteiger partial charge in [0.1, 0.15) is 24.2 Å². The molecule has 2 unspecified atom stereocenters. The number of H-pyrrole nitrogens is 2. The third-order valence-corrected chi connectivity index (χ3v) is 10.7. The molecule has 2 aromatic carbocycles. The first-order valence-corrected chi connectivity index (χ1v) is 21.9. The fourth-order valence-electron chi connectivity index (χ4n) is 6.96. The quantitative estimate of drug-likeness (QED) is 0.0272. The number of aliphatic hydroxyl groups excluding tert-OH is 2. The van der Waals surface area contributed by atoms with Crippen molar-refractivity contribution in [2.24, 2.45) is 11.5 Å². The maximum Gasteiger partial charge on any atom is 0.335 e. The van der Waals surface area contributed by atoms with E-state index in [1.54, 1.807) is 12.4 Å². The molecule has 8 aromatic rings. The molecule has 0 aliphatic carbocycles. The molecule has 8 rings (SSSR count). The lowest BCUT2D eigenvalue weighted by Crippen LogP contribution is -2.39. The van der Waals surface area contributed by atoms with E-state index >= 15 is 0 Å². The summed E-state index contributed by atoms with van der Waals surface area (Å²) in [6.07, 6.45) is 16.3. The molecule has 0 saturated heterocycles. The molecule has 6 aromatic heterocycles. The number of carboxylic acid groups (broad SMARTS) is 2. The summed E-state index contributed by atoms with van der Waals surface area (Å²) in [5.41, 5.74) is 18.5. The maximum atomic E-state index is 11.8. The van der Waals surface area contributed by atoms with Gasteiger partial charge in [-0.1, -0.05) is 49.9 Å². The average molecular weight is 929 g/mol. The zero-order chi connectivity index (χ0) is 48.4. The molecule has 20 nitrogen and oxygen atoms in total. The molecule has 6 heterocycles. The first-order valence-electron chi connectivity index (χ1n) is 21.9. The van der Waals surface area contributed by atoms with Crippen LogP contribution < -0.4 is 11.5 Å². The smallest absolute Gasteiger partial charge is 0.335 e. The van der Waals surface area contributed by atoms with Gasteiger partial charge in [-0.15, -0.1) is 0 Å². The Morgan fingerprint density at radius 2 is 0.971 bits per heavy atom. The highest BCUT2D eigenvalue weighted by atomic mass is 16.4. The van der Waals surface area contributed by atoms with Crippen molar-refractivity contribution in [2.75, 3.05) is 0 Å². The van der Waals surface area contributed by atoms with E-state index < -0.39 is 24.1 Å². The van der Waals surface area contributed by atoms with Crippen molar-refractivity contribution in [3.8, 4) is 22.5 Å². The van der Waals surface area contributed by atoms with E-state index in [2.05, 4.69) is 52.0 Å². The van der Waals surface area contributed by atoms with Crippen LogP contribution in [-0.2, 0) is 9.59 Å². The highest BCUT2D eigenvalue weighted by Crippen LogP contribution is 2.26. The van der Waals surface area contributed by atoms with E-state index in [4.69, 9.17) is 40.7 Å². The number of rotatable bonds is 21. The number of nitrogens with one attached hydrogen (secondary N) is 2. The molecule has 0 amide bonds. The first-order chi connectivity index (χ1) is 32.9. The summed E-state index contributed by atoms with van der Waals surface area (Å²) in [5, 5.41) is 34.7. The first kappa shape index (κ1) is 49.6. The number of carboxylic acids is 2. The number of pyridine rings is 2. The number of aromatic amines is 2. The monoisotopic (exact) mass is 928 g/mol. The minimum absolute atomic E-state index is 0.0550. The molecule has 0 spiro atoms. The summed E-state index contributed by atoms with van der Waals surface area (Å²) in [4.78, 5) is 75.3. The number of oxazole rings is 2. The second-order valence-electron chi connectivity index (χ2n) is 15.7. The molecule has 68 heavy (non-hydrogen) atoms. The number of hydrogen-bond acceptors (Lipinski definition) is 16. The third kappa shape index (κ3) is 14.1. The fourth-order valence-corrected chi connectivity index (χ4v) is 6.96. The largest absolute Gasteiger partial charge is 0.479 e. The molecule has 0 radical (unpaired) electrons. The van der Waals surface area contributed by atoms with Crippen LogP contribution in [0.15, 0.2) is 119 Å². The van der Waals surface area contributed by atoms with Crippen molar-refractivity contribution in [1.82, 2.24) is 39.9 Å². The van der Waals surface area contributed by atoms with Crippen LogP contribution in [0, 0.1) is 0 Å². The summed E-state index contributed by atoms with van der Waals surface area (Å²) < 4.78 is 10.0. The predicted molar refractivity (Wildman–Crippen MR) is 248 cm³/mol. The number of hydrogen-bond donors (Lipinski definition) is 8. The molecule has 0 bridgehead atoms. The lowest BCUT2D eigenvalue weighted by atomic mass is 10.1. The van der Waals surface area contributed by atoms with E-state index in [-0.39, 0.29) is 35.4 Å². The van der Waals surface area contributed by atoms with Crippen LogP contribution >= 0.6 is 0 Å². The Morgan fingerprint density at radius 1 is 0.544 bits per heavy atom. The van der Waals surface area contributed by atoms with Crippen LogP contribution in [0.2, 0.25) is 0 Å². The Balaban J connectivity index is 0.000000187. The van der Waals surface area contributed by atoms with Gasteiger partial charge in [-0.2, -0.15) is 0 Å². The van der Waals surface area contributed by atoms with Gasteiger partial charge in [0, 0.05) is 47.1 Å². The van der Waals surface area contributed by atoms with Crippen molar-refractivity contribution in [2.45, 2.75) is 88.5 Å². The maximum absolute atomic E-state index is 11.8. The topological polar surface area (TPSA) is 336 Å². The van der Waals surface area contributed by atoms with Gasteiger partial charge in [-0.25, -0.2) is 29.5 Å². The normalized spacial score (nSPS) is 12.8. The van der Waals surface area contributed by atoms with E-state index in [0.29, 0.717) is 12.8 Å². The van der Waals surface area contributed by atoms with Gasteiger partial charge in [-0.05, 0) is 62.1 Å². The molecule has 0 saturated carbocycles. The number of unbranched alkanes of at least 4 members (excludes halogenated alkanes) is 4. The number of fused-ring (bicyclic) bond motifs is 2. The van der Waals surface area contributed by atoms with Gasteiger partial charge in [0.15, 0.2) is 12.2 Å². The Labute approximate surface area is 388 Å². The lowest BCUT2D eigenvalue weighted by Gasteiger charge is -2.08. The fraction of sp³-hybridized carbons (Fsp3) is 0.292. The Hall–Kier alpha value is -7.78. The number of nitrogens with two attached hydrogens (primary N) is 2. The molecular formula is C48H52N10O10. The van der Waals surface area contributed by atoms with Crippen LogP contribution in [0.3, 0.4) is 0 Å². The number of imidazole rings is 2. The number of nitrogens with zero attached hydrogens (tertiary/aromatic N) is 6. The van der Waals surface area contributed by atoms with Crippen LogP contribution in [0.4, 0.5) is 0 Å². The number of aromatic nitrogens is 8. The zero-order valence-electron chi connectivity index (χ0n) is 36.8. The Kier molecular flexibility index (Phi) is 18.0. The SMILES string of the molecule is N[C@@H](CCCCCC(=O)c1ncco1)c1ncc(-c2ccc3ncccc3c2)[nH]1.N[C@@H](CCCCCC(=O)c1ncco1)c1ncc(-c2ccc3ncccc3c2)[nH]1.O=C(O)C(O)C(O)C(=O)O. The number of ketones is 2. The Bertz CT molecular complexity index is 2670. The standard InChI is InChI=1S/2C22H23N5O2.C4H6O6/c2*23-17(6-2-1-3-7-20(28)22-25-11-12-29-22)21-26-14-19(27-21)16-8-9-18-15(13-16)5-4-10-24-18;5-1(3(7)8)2(6)4(9)10/h2*4-5,8-14,17H,1-3,6-7,23H2,(H,26,27);1-2,5-6H,(H,7,8)(H,9,10)/t2*17-;/m00./s1. The summed E-state index contributed by atoms with van der Waals surface area (Å²) in [6, 6.07) is 19.9. The van der Waals surface area contributed by atoms with Crippen molar-refractivity contribution in [3.63, 3.8) is 0 Å². The third-order valence-electron chi connectivity index (χ3n) is 10.7. The number of carbonyl (C=O) groups is 4. The van der Waals surface area contributed by atoms with Gasteiger partial charge >= 0.3 is 11.9 Å². The van der Waals surface area contributed by atoms with E-state index in [0.717, 1.165) is 107 Å². The average Bonchev–Trinajstić information content (AvgIpc) is 4.22. The Morgan fingerprint density at radius 3 is 1.35 bits per heavy atom. The van der Waals surface area contributed by atoms with Gasteiger partial charge in [0.05, 0.1) is 59.3 Å². The second kappa shape index (κ2) is 24.7. The number of benzene rings is 2. The van der Waals surface area contributed by atoms with E-state index in [9.17, 15) is 19.2 Å². The highest BCUT2D eigenvalue weighted by molar-refractivity contribution is 5.92. The van der Waals surface area contributed by atoms with Gasteiger partial charge in [0.25, 0.3) is 11.8 Å². The molecule has 0 aliphatic rings. The van der Waals surface area contributed by atoms with E-state index in [1.807, 2.05) is 60.9 Å². The molecular weight excluding hydrogens is 877 g/mol. The van der Waals surface area contributed by atoms with Crippen LogP contribution in [0.25, 0.3) is 44.3 Å². The van der Waals surface area contributed by atoms with E-state index in [1.165, 1.54) is 24.9 Å². The summed E-state index contributed by atoms with van der Waals surface area (Å²) in [6.45, 7) is 0. The summed E-state index contributed by atoms with van der Waals surface area (Å²) >= 11 is 0. The molecule has 354 valence electrons. The number of aliphatic carboxylic acids is 2.